The molecule has 0 radical (unpaired) electrons. The number of amides is 1. The van der Waals surface area contributed by atoms with Gasteiger partial charge in [0.1, 0.15) is 5.75 Å². The second-order valence-corrected chi connectivity index (χ2v) is 6.80. The van der Waals surface area contributed by atoms with E-state index in [1.165, 1.54) is 11.1 Å². The molecule has 2 aromatic carbocycles. The van der Waals surface area contributed by atoms with Gasteiger partial charge >= 0.3 is 0 Å². The molecule has 0 bridgehead atoms. The number of ether oxygens (including phenoxy) is 1. The molecule has 0 saturated carbocycles. The van der Waals surface area contributed by atoms with Crippen LogP contribution in [0.25, 0.3) is 11.4 Å². The molecule has 29 heavy (non-hydrogen) atoms. The molecule has 0 aliphatic carbocycles. The van der Waals surface area contributed by atoms with Crippen molar-refractivity contribution < 1.29 is 14.1 Å². The number of nitrogens with zero attached hydrogens (tertiary/aromatic N) is 3. The molecule has 0 fully saturated rings. The smallest absolute Gasteiger partial charge is 0.227 e. The zero-order chi connectivity index (χ0) is 20.6. The van der Waals surface area contributed by atoms with E-state index < -0.39 is 0 Å². The summed E-state index contributed by atoms with van der Waals surface area (Å²) in [6.45, 7) is 7.90. The molecule has 0 unspecified atom stereocenters. The van der Waals surface area contributed by atoms with E-state index in [4.69, 9.17) is 9.26 Å². The van der Waals surface area contributed by atoms with Crippen molar-refractivity contribution in [3.63, 3.8) is 0 Å². The van der Waals surface area contributed by atoms with Crippen LogP contribution < -0.4 is 4.74 Å². The number of carbonyl (C=O) groups excluding carboxylic acids is 1. The summed E-state index contributed by atoms with van der Waals surface area (Å²) < 4.78 is 10.8. The standard InChI is InChI=1S/C23H27N3O3/c1-4-26(16-19-9-7-6-8-17(19)3)22(27)15-14-21-24-23(25-29-21)18-10-12-20(13-11-18)28-5-2/h6-13H,4-5,14-16H2,1-3H3. The van der Waals surface area contributed by atoms with E-state index in [1.807, 2.05) is 55.1 Å². The fourth-order valence-corrected chi connectivity index (χ4v) is 3.08. The van der Waals surface area contributed by atoms with Crippen LogP contribution in [0.4, 0.5) is 0 Å². The van der Waals surface area contributed by atoms with E-state index >= 15 is 0 Å². The summed E-state index contributed by atoms with van der Waals surface area (Å²) in [5, 5.41) is 4.03. The van der Waals surface area contributed by atoms with Gasteiger partial charge in [-0.05, 0) is 56.2 Å². The van der Waals surface area contributed by atoms with Gasteiger partial charge in [-0.15, -0.1) is 0 Å². The Morgan fingerprint density at radius 3 is 2.55 bits per heavy atom. The largest absolute Gasteiger partial charge is 0.494 e. The van der Waals surface area contributed by atoms with Crippen LogP contribution >= 0.6 is 0 Å². The average molecular weight is 393 g/mol. The molecular weight excluding hydrogens is 366 g/mol. The Hall–Kier alpha value is -3.15. The Balaban J connectivity index is 1.58. The number of aromatic nitrogens is 2. The van der Waals surface area contributed by atoms with E-state index in [9.17, 15) is 4.79 Å². The molecule has 152 valence electrons. The van der Waals surface area contributed by atoms with Crippen molar-refractivity contribution in [3.05, 3.63) is 65.5 Å². The lowest BCUT2D eigenvalue weighted by Crippen LogP contribution is -2.30. The summed E-state index contributed by atoms with van der Waals surface area (Å²) in [4.78, 5) is 18.9. The number of hydrogen-bond acceptors (Lipinski definition) is 5. The van der Waals surface area contributed by atoms with E-state index in [-0.39, 0.29) is 5.91 Å². The van der Waals surface area contributed by atoms with Crippen LogP contribution in [0.1, 0.15) is 37.3 Å². The van der Waals surface area contributed by atoms with Crippen molar-refractivity contribution in [1.82, 2.24) is 15.0 Å². The van der Waals surface area contributed by atoms with Gasteiger partial charge < -0.3 is 14.2 Å². The summed E-state index contributed by atoms with van der Waals surface area (Å²) in [7, 11) is 0. The molecule has 3 rings (SSSR count). The normalized spacial score (nSPS) is 10.7. The van der Waals surface area contributed by atoms with Crippen LogP contribution in [-0.2, 0) is 17.8 Å². The van der Waals surface area contributed by atoms with Gasteiger partial charge in [-0.1, -0.05) is 29.4 Å². The van der Waals surface area contributed by atoms with Crippen LogP contribution in [0.2, 0.25) is 0 Å². The predicted molar refractivity (Wildman–Crippen MR) is 111 cm³/mol. The highest BCUT2D eigenvalue weighted by Crippen LogP contribution is 2.20. The van der Waals surface area contributed by atoms with E-state index in [0.717, 1.165) is 11.3 Å². The zero-order valence-electron chi connectivity index (χ0n) is 17.2. The third-order valence-electron chi connectivity index (χ3n) is 4.80. The predicted octanol–water partition coefficient (Wildman–Crippen LogP) is 4.43. The molecule has 0 N–H and O–H groups in total. The van der Waals surface area contributed by atoms with E-state index in [2.05, 4.69) is 29.2 Å². The second-order valence-electron chi connectivity index (χ2n) is 6.80. The summed E-state index contributed by atoms with van der Waals surface area (Å²) in [5.41, 5.74) is 3.21. The molecule has 0 aliphatic heterocycles. The Morgan fingerprint density at radius 1 is 1.10 bits per heavy atom. The van der Waals surface area contributed by atoms with Gasteiger partial charge in [0.05, 0.1) is 6.61 Å². The molecule has 0 saturated heterocycles. The fourth-order valence-electron chi connectivity index (χ4n) is 3.08. The highest BCUT2D eigenvalue weighted by Gasteiger charge is 2.16. The monoisotopic (exact) mass is 393 g/mol. The lowest BCUT2D eigenvalue weighted by molar-refractivity contribution is -0.131. The fraction of sp³-hybridized carbons (Fsp3) is 0.348. The first-order valence-electron chi connectivity index (χ1n) is 9.98. The van der Waals surface area contributed by atoms with Gasteiger partial charge in [0.25, 0.3) is 0 Å². The lowest BCUT2D eigenvalue weighted by Gasteiger charge is -2.21. The van der Waals surface area contributed by atoms with Crippen LogP contribution in [-0.4, -0.2) is 34.1 Å². The molecule has 1 aromatic heterocycles. The van der Waals surface area contributed by atoms with E-state index in [1.54, 1.807) is 0 Å². The summed E-state index contributed by atoms with van der Waals surface area (Å²) in [6, 6.07) is 15.7. The minimum atomic E-state index is 0.0802. The van der Waals surface area contributed by atoms with Gasteiger partial charge in [-0.25, -0.2) is 0 Å². The number of benzene rings is 2. The Kier molecular flexibility index (Phi) is 7.00. The van der Waals surface area contributed by atoms with Crippen LogP contribution in [0.5, 0.6) is 5.75 Å². The summed E-state index contributed by atoms with van der Waals surface area (Å²) in [6.07, 6.45) is 0.762. The quantitative estimate of drug-likeness (QED) is 0.538. The van der Waals surface area contributed by atoms with Crippen molar-refractivity contribution >= 4 is 5.91 Å². The number of aryl methyl sites for hydroxylation is 2. The minimum Gasteiger partial charge on any atom is -0.494 e. The number of rotatable bonds is 9. The number of hydrogen-bond donors (Lipinski definition) is 0. The summed E-state index contributed by atoms with van der Waals surface area (Å²) in [5.74, 6) is 1.87. The topological polar surface area (TPSA) is 68.5 Å². The maximum absolute atomic E-state index is 12.7. The van der Waals surface area contributed by atoms with Gasteiger partial charge in [-0.3, -0.25) is 4.79 Å². The molecule has 1 amide bonds. The minimum absolute atomic E-state index is 0.0802. The molecule has 0 spiro atoms. The highest BCUT2D eigenvalue weighted by molar-refractivity contribution is 5.76. The van der Waals surface area contributed by atoms with Crippen LogP contribution in [0, 0.1) is 6.92 Å². The third-order valence-corrected chi connectivity index (χ3v) is 4.80. The molecule has 1 heterocycles. The van der Waals surface area contributed by atoms with E-state index in [0.29, 0.717) is 44.3 Å². The molecule has 6 nitrogen and oxygen atoms in total. The molecular formula is C23H27N3O3. The Labute approximate surface area is 171 Å². The molecule has 3 aromatic rings. The first-order chi connectivity index (χ1) is 14.1. The first-order valence-corrected chi connectivity index (χ1v) is 9.98. The first kappa shape index (κ1) is 20.6. The van der Waals surface area contributed by atoms with Crippen molar-refractivity contribution in [2.45, 2.75) is 40.2 Å². The van der Waals surface area contributed by atoms with Crippen molar-refractivity contribution in [2.75, 3.05) is 13.2 Å². The zero-order valence-corrected chi connectivity index (χ0v) is 17.2. The molecule has 6 heteroatoms. The Morgan fingerprint density at radius 2 is 1.86 bits per heavy atom. The van der Waals surface area contributed by atoms with Gasteiger partial charge in [0.2, 0.25) is 17.6 Å². The number of carbonyl (C=O) groups is 1. The van der Waals surface area contributed by atoms with Gasteiger partial charge in [-0.2, -0.15) is 4.98 Å². The van der Waals surface area contributed by atoms with Gasteiger partial charge in [0, 0.05) is 31.5 Å². The SMILES string of the molecule is CCOc1ccc(-c2noc(CCC(=O)N(CC)Cc3ccccc3C)n2)cc1. The second kappa shape index (κ2) is 9.87. The lowest BCUT2D eigenvalue weighted by atomic mass is 10.1. The average Bonchev–Trinajstić information content (AvgIpc) is 3.21. The van der Waals surface area contributed by atoms with Crippen molar-refractivity contribution in [3.8, 4) is 17.1 Å². The van der Waals surface area contributed by atoms with Crippen molar-refractivity contribution in [2.24, 2.45) is 0 Å². The maximum Gasteiger partial charge on any atom is 0.227 e. The Bertz CT molecular complexity index is 935. The van der Waals surface area contributed by atoms with Gasteiger partial charge in [0.15, 0.2) is 0 Å². The van der Waals surface area contributed by atoms with Crippen LogP contribution in [0.3, 0.4) is 0 Å². The highest BCUT2D eigenvalue weighted by atomic mass is 16.5. The maximum atomic E-state index is 12.7. The van der Waals surface area contributed by atoms with Crippen molar-refractivity contribution in [1.29, 1.82) is 0 Å². The molecule has 0 aliphatic rings. The molecule has 0 atom stereocenters. The third kappa shape index (κ3) is 5.44. The van der Waals surface area contributed by atoms with Crippen LogP contribution in [0.15, 0.2) is 53.1 Å². The summed E-state index contributed by atoms with van der Waals surface area (Å²) >= 11 is 0.